The molecule has 2 aliphatic heterocycles. The molecule has 0 aromatic heterocycles. The van der Waals surface area contributed by atoms with Crippen LogP contribution in [0.2, 0.25) is 0 Å². The smallest absolute Gasteiger partial charge is 0.283 e. The maximum absolute atomic E-state index is 14.7. The van der Waals surface area contributed by atoms with Crippen LogP contribution in [0.15, 0.2) is 164 Å². The number of aryl methyl sites for hydroxylation is 1. The molecule has 2 aliphatic rings. The zero-order valence-corrected chi connectivity index (χ0v) is 37.3. The van der Waals surface area contributed by atoms with E-state index in [4.69, 9.17) is 4.74 Å². The molecule has 0 saturated heterocycles. The van der Waals surface area contributed by atoms with E-state index in [2.05, 4.69) is 26.6 Å². The normalized spacial score (nSPS) is 18.4. The average Bonchev–Trinajstić information content (AvgIpc) is 3.34. The molecule has 15 heteroatoms. The number of benzene rings is 6. The van der Waals surface area contributed by atoms with Crippen LogP contribution in [0.4, 0.5) is 0 Å². The van der Waals surface area contributed by atoms with Gasteiger partial charge in [0.1, 0.15) is 35.8 Å². The molecule has 6 aromatic carbocycles. The van der Waals surface area contributed by atoms with Gasteiger partial charge in [-0.05, 0) is 69.5 Å². The minimum atomic E-state index is -4.62. The lowest BCUT2D eigenvalue weighted by Gasteiger charge is -2.27. The Morgan fingerprint density at radius 3 is 1.54 bits per heavy atom. The van der Waals surface area contributed by atoms with Crippen molar-refractivity contribution >= 4 is 39.7 Å². The Balaban J connectivity index is 1.23. The fourth-order valence-corrected chi connectivity index (χ4v) is 8.02. The molecular weight excluding hydrogens is 871 g/mol. The summed E-state index contributed by atoms with van der Waals surface area (Å²) in [4.78, 5) is 70.7. The Bertz CT molecular complexity index is 2740. The van der Waals surface area contributed by atoms with E-state index in [1.165, 1.54) is 0 Å². The van der Waals surface area contributed by atoms with Gasteiger partial charge < -0.3 is 31.3 Å². The van der Waals surface area contributed by atoms with Crippen LogP contribution in [-0.4, -0.2) is 79.2 Å². The molecule has 0 radical (unpaired) electrons. The lowest BCUT2D eigenvalue weighted by atomic mass is 9.98. The van der Waals surface area contributed by atoms with Gasteiger partial charge in [0.25, 0.3) is 16.0 Å². The molecule has 344 valence electrons. The first kappa shape index (κ1) is 47.3. The summed E-state index contributed by atoms with van der Waals surface area (Å²) in [6.07, 6.45) is 0.315. The van der Waals surface area contributed by atoms with Crippen molar-refractivity contribution < 1.29 is 41.7 Å². The zero-order valence-electron chi connectivity index (χ0n) is 36.5. The van der Waals surface area contributed by atoms with Crippen LogP contribution < -0.4 is 31.3 Å². The van der Waals surface area contributed by atoms with Crippen molar-refractivity contribution in [3.05, 3.63) is 186 Å². The predicted molar refractivity (Wildman–Crippen MR) is 254 cm³/mol. The van der Waals surface area contributed by atoms with Crippen LogP contribution in [0.1, 0.15) is 28.7 Å². The van der Waals surface area contributed by atoms with Crippen LogP contribution in [0.5, 0.6) is 5.75 Å². The molecule has 67 heavy (non-hydrogen) atoms. The van der Waals surface area contributed by atoms with E-state index >= 15 is 0 Å². The van der Waals surface area contributed by atoms with Gasteiger partial charge in [0.15, 0.2) is 6.61 Å². The van der Waals surface area contributed by atoms with E-state index < -0.39 is 76.3 Å². The third-order valence-corrected chi connectivity index (χ3v) is 11.8. The van der Waals surface area contributed by atoms with Gasteiger partial charge in [0.05, 0.1) is 0 Å². The van der Waals surface area contributed by atoms with Gasteiger partial charge in [0, 0.05) is 19.3 Å². The van der Waals surface area contributed by atoms with Gasteiger partial charge >= 0.3 is 0 Å². The highest BCUT2D eigenvalue weighted by atomic mass is 32.2. The second-order valence-corrected chi connectivity index (χ2v) is 17.7. The molecule has 6 N–H and O–H groups in total. The molecule has 5 amide bonds. The number of carbonyl (C=O) groups excluding carboxylic acids is 5. The molecule has 0 spiro atoms. The van der Waals surface area contributed by atoms with Crippen molar-refractivity contribution in [2.75, 3.05) is 12.5 Å². The number of carbonyl (C=O) groups is 5. The molecule has 0 unspecified atom stereocenters. The van der Waals surface area contributed by atoms with E-state index in [0.717, 1.165) is 33.4 Å². The van der Waals surface area contributed by atoms with Gasteiger partial charge in [-0.25, -0.2) is 0 Å². The summed E-state index contributed by atoms with van der Waals surface area (Å²) in [5.74, 6) is -4.46. The number of hydrogen-bond acceptors (Lipinski definition) is 8. The lowest BCUT2D eigenvalue weighted by molar-refractivity contribution is -0.134. The van der Waals surface area contributed by atoms with Crippen molar-refractivity contribution in [2.24, 2.45) is 0 Å². The molecule has 2 heterocycles. The Labute approximate surface area is 389 Å². The van der Waals surface area contributed by atoms with Gasteiger partial charge in [-0.2, -0.15) is 8.42 Å². The van der Waals surface area contributed by atoms with E-state index in [0.29, 0.717) is 23.3 Å². The molecule has 0 saturated carbocycles. The second kappa shape index (κ2) is 22.5. The minimum absolute atomic E-state index is 0.0101. The molecule has 0 fully saturated rings. The number of rotatable bonds is 12. The first-order chi connectivity index (χ1) is 32.3. The molecule has 6 aromatic rings. The summed E-state index contributed by atoms with van der Waals surface area (Å²) < 4.78 is 38.4. The molecule has 2 bridgehead atoms. The Hall–Kier alpha value is -7.62. The largest absolute Gasteiger partial charge is 0.484 e. The van der Waals surface area contributed by atoms with Crippen molar-refractivity contribution in [1.29, 1.82) is 0 Å². The third-order valence-electron chi connectivity index (χ3n) is 11.3. The van der Waals surface area contributed by atoms with E-state index in [1.807, 2.05) is 140 Å². The van der Waals surface area contributed by atoms with Crippen molar-refractivity contribution in [3.8, 4) is 28.0 Å². The topological polar surface area (TPSA) is 209 Å². The number of fused-ring (bicyclic) bond motifs is 16. The number of ether oxygens (including phenoxy) is 1. The lowest BCUT2D eigenvalue weighted by Crippen LogP contribution is -2.59. The minimum Gasteiger partial charge on any atom is -0.484 e. The Morgan fingerprint density at radius 2 is 1.01 bits per heavy atom. The Kier molecular flexibility index (Phi) is 15.9. The highest BCUT2D eigenvalue weighted by Gasteiger charge is 2.32. The summed E-state index contributed by atoms with van der Waals surface area (Å²) in [7, 11) is -4.62. The standard InChI is InChI=1S/C52H51N5O9S/c58-48-33-66-43-27-20-38(21-28-43)30-45(49(59)53-34-67(63,64)65)56-50(60)44(29-22-35-10-4-1-5-11-35)55-52(62)47(32-37-18-25-42(26-19-37)40-14-8-3-9-15-40)57-51(61)46(54-48)31-36-16-23-41(24-17-36)39-12-6-2-7-13-39/h1-21,23-28,44-47H,22,29-34H2,(H,53,59)(H,54,58)(H,55,62)(H,56,60)(H,57,61)(H,63,64,65)/t44-,45-,46-,47+/m0/s1. The van der Waals surface area contributed by atoms with Crippen LogP contribution in [-0.2, 0) is 59.8 Å². The van der Waals surface area contributed by atoms with Gasteiger partial charge in [-0.3, -0.25) is 28.5 Å². The van der Waals surface area contributed by atoms with Crippen LogP contribution in [0, 0.1) is 0 Å². The van der Waals surface area contributed by atoms with Crippen molar-refractivity contribution in [2.45, 2.75) is 56.3 Å². The first-order valence-electron chi connectivity index (χ1n) is 21.8. The zero-order chi connectivity index (χ0) is 47.2. The number of nitrogens with one attached hydrogen (secondary N) is 5. The summed E-state index contributed by atoms with van der Waals surface area (Å²) in [6, 6.07) is 45.2. The summed E-state index contributed by atoms with van der Waals surface area (Å²) in [6.45, 7) is -0.465. The van der Waals surface area contributed by atoms with E-state index in [9.17, 15) is 36.9 Å². The van der Waals surface area contributed by atoms with Gasteiger partial charge in [-0.15, -0.1) is 0 Å². The molecular formula is C52H51N5O9S. The van der Waals surface area contributed by atoms with E-state index in [1.54, 1.807) is 24.3 Å². The fraction of sp³-hybridized carbons (Fsp3) is 0.212. The molecule has 4 atom stereocenters. The average molecular weight is 922 g/mol. The highest BCUT2D eigenvalue weighted by molar-refractivity contribution is 7.85. The summed E-state index contributed by atoms with van der Waals surface area (Å²) in [5, 5.41) is 13.4. The summed E-state index contributed by atoms with van der Waals surface area (Å²) >= 11 is 0. The number of hydrogen-bond donors (Lipinski definition) is 6. The maximum Gasteiger partial charge on any atom is 0.283 e. The molecule has 0 aliphatic carbocycles. The van der Waals surface area contributed by atoms with E-state index in [-0.39, 0.29) is 25.7 Å². The predicted octanol–water partition coefficient (Wildman–Crippen LogP) is 4.97. The monoisotopic (exact) mass is 921 g/mol. The summed E-state index contributed by atoms with van der Waals surface area (Å²) in [5.41, 5.74) is 6.71. The van der Waals surface area contributed by atoms with Gasteiger partial charge in [-0.1, -0.05) is 152 Å². The van der Waals surface area contributed by atoms with Crippen LogP contribution in [0.3, 0.4) is 0 Å². The SMILES string of the molecule is O=C1COc2ccc(cc2)C[C@@H](C(=O)NCS(=O)(=O)O)NC(=O)[C@H](CCc2ccccc2)NC(=O)[C@@H](Cc2ccc(-c3ccccc3)cc2)NC(=O)[C@H](Cc2ccc(-c3ccccc3)cc2)N1. The van der Waals surface area contributed by atoms with Crippen LogP contribution in [0.25, 0.3) is 22.3 Å². The molecule has 8 rings (SSSR count). The second-order valence-electron chi connectivity index (χ2n) is 16.3. The fourth-order valence-electron chi connectivity index (χ4n) is 7.70. The highest BCUT2D eigenvalue weighted by Crippen LogP contribution is 2.22. The first-order valence-corrected chi connectivity index (χ1v) is 23.4. The van der Waals surface area contributed by atoms with Crippen molar-refractivity contribution in [1.82, 2.24) is 26.6 Å². The maximum atomic E-state index is 14.7. The quantitative estimate of drug-likeness (QED) is 0.0722. The molecule has 14 nitrogen and oxygen atoms in total. The van der Waals surface area contributed by atoms with Crippen LogP contribution >= 0.6 is 0 Å². The third kappa shape index (κ3) is 14.2. The Morgan fingerprint density at radius 1 is 0.552 bits per heavy atom. The van der Waals surface area contributed by atoms with Crippen molar-refractivity contribution in [3.63, 3.8) is 0 Å². The van der Waals surface area contributed by atoms with Gasteiger partial charge in [0.2, 0.25) is 23.6 Å². The number of amides is 5.